The Labute approximate surface area is 138 Å². The number of para-hydroxylation sites is 1. The van der Waals surface area contributed by atoms with E-state index in [1.165, 1.54) is 0 Å². The number of hydrogen-bond donors (Lipinski definition) is 1. The summed E-state index contributed by atoms with van der Waals surface area (Å²) in [5.41, 5.74) is 1.79. The molecule has 0 unspecified atom stereocenters. The molecule has 0 aliphatic carbocycles. The largest absolute Gasteiger partial charge is 0.491 e. The van der Waals surface area contributed by atoms with E-state index in [1.54, 1.807) is 0 Å². The van der Waals surface area contributed by atoms with Gasteiger partial charge in [0, 0.05) is 3.57 Å². The highest BCUT2D eigenvalue weighted by atomic mass is 127. The molecule has 0 saturated heterocycles. The average molecular weight is 395 g/mol. The van der Waals surface area contributed by atoms with Crippen LogP contribution in [0.4, 0.5) is 0 Å². The van der Waals surface area contributed by atoms with Crippen molar-refractivity contribution in [3.8, 4) is 5.75 Å². The third kappa shape index (κ3) is 4.46. The summed E-state index contributed by atoms with van der Waals surface area (Å²) in [5, 5.41) is 2.96. The molecule has 2 aromatic carbocycles. The van der Waals surface area contributed by atoms with Gasteiger partial charge in [-0.15, -0.1) is 0 Å². The number of aryl methyl sites for hydroxylation is 1. The van der Waals surface area contributed by atoms with Gasteiger partial charge in [-0.2, -0.15) is 0 Å². The molecule has 0 saturated carbocycles. The van der Waals surface area contributed by atoms with E-state index in [9.17, 15) is 4.79 Å². The molecule has 2 aromatic rings. The lowest BCUT2D eigenvalue weighted by Gasteiger charge is -2.16. The van der Waals surface area contributed by atoms with Gasteiger partial charge in [-0.05, 0) is 60.2 Å². The Morgan fingerprint density at radius 2 is 1.86 bits per heavy atom. The fourth-order valence-electron chi connectivity index (χ4n) is 1.92. The zero-order chi connectivity index (χ0) is 15.2. The number of nitrogens with one attached hydrogen (secondary N) is 1. The first-order valence-corrected chi connectivity index (χ1v) is 7.89. The minimum Gasteiger partial charge on any atom is -0.491 e. The maximum absolute atomic E-state index is 12.2. The SMILES string of the molecule is Cc1ccccc1OC[C@H](C)NC(=O)c1ccccc1I. The highest BCUT2D eigenvalue weighted by Gasteiger charge is 2.12. The summed E-state index contributed by atoms with van der Waals surface area (Å²) >= 11 is 2.17. The summed E-state index contributed by atoms with van der Waals surface area (Å²) in [6.45, 7) is 4.39. The second-order valence-electron chi connectivity index (χ2n) is 4.93. The van der Waals surface area contributed by atoms with Crippen LogP contribution in [0.2, 0.25) is 0 Å². The molecule has 0 bridgehead atoms. The summed E-state index contributed by atoms with van der Waals surface area (Å²) in [7, 11) is 0. The molecule has 0 aromatic heterocycles. The second-order valence-corrected chi connectivity index (χ2v) is 6.09. The van der Waals surface area contributed by atoms with E-state index in [-0.39, 0.29) is 11.9 Å². The summed E-state index contributed by atoms with van der Waals surface area (Å²) in [6, 6.07) is 15.3. The molecule has 0 aliphatic rings. The summed E-state index contributed by atoms with van der Waals surface area (Å²) in [5.74, 6) is 0.786. The quantitative estimate of drug-likeness (QED) is 0.783. The van der Waals surface area contributed by atoms with Crippen molar-refractivity contribution in [3.63, 3.8) is 0 Å². The lowest BCUT2D eigenvalue weighted by molar-refractivity contribution is 0.0925. The van der Waals surface area contributed by atoms with Gasteiger partial charge in [-0.25, -0.2) is 0 Å². The van der Waals surface area contributed by atoms with Crippen LogP contribution in [0.3, 0.4) is 0 Å². The van der Waals surface area contributed by atoms with Crippen molar-refractivity contribution in [2.24, 2.45) is 0 Å². The molecule has 0 spiro atoms. The van der Waals surface area contributed by atoms with Crippen molar-refractivity contribution in [3.05, 3.63) is 63.2 Å². The number of ether oxygens (including phenoxy) is 1. The third-order valence-corrected chi connectivity index (χ3v) is 4.02. The molecule has 0 heterocycles. The molecule has 2 rings (SSSR count). The predicted molar refractivity (Wildman–Crippen MR) is 92.8 cm³/mol. The van der Waals surface area contributed by atoms with E-state index in [0.29, 0.717) is 12.2 Å². The van der Waals surface area contributed by atoms with Gasteiger partial charge in [-0.3, -0.25) is 4.79 Å². The molecule has 0 aliphatic heterocycles. The monoisotopic (exact) mass is 395 g/mol. The van der Waals surface area contributed by atoms with E-state index in [1.807, 2.05) is 62.4 Å². The van der Waals surface area contributed by atoms with Gasteiger partial charge < -0.3 is 10.1 Å². The first-order chi connectivity index (χ1) is 10.1. The zero-order valence-electron chi connectivity index (χ0n) is 12.1. The first-order valence-electron chi connectivity index (χ1n) is 6.81. The molecule has 0 radical (unpaired) electrons. The van der Waals surface area contributed by atoms with E-state index >= 15 is 0 Å². The Bertz CT molecular complexity index is 628. The Hall–Kier alpha value is -1.56. The minimum atomic E-state index is -0.0686. The van der Waals surface area contributed by atoms with Crippen LogP contribution in [0, 0.1) is 10.5 Å². The van der Waals surface area contributed by atoms with Crippen LogP contribution in [0.5, 0.6) is 5.75 Å². The van der Waals surface area contributed by atoms with E-state index in [2.05, 4.69) is 27.9 Å². The number of halogens is 1. The average Bonchev–Trinajstić information content (AvgIpc) is 2.46. The first kappa shape index (κ1) is 15.8. The Balaban J connectivity index is 1.90. The molecule has 4 heteroatoms. The molecule has 1 amide bonds. The Morgan fingerprint density at radius 1 is 1.19 bits per heavy atom. The zero-order valence-corrected chi connectivity index (χ0v) is 14.3. The van der Waals surface area contributed by atoms with Gasteiger partial charge in [0.1, 0.15) is 12.4 Å². The summed E-state index contributed by atoms with van der Waals surface area (Å²) in [6.07, 6.45) is 0. The molecule has 110 valence electrons. The third-order valence-electron chi connectivity index (χ3n) is 3.08. The van der Waals surface area contributed by atoms with Gasteiger partial charge in [0.25, 0.3) is 5.91 Å². The molecule has 3 nitrogen and oxygen atoms in total. The van der Waals surface area contributed by atoms with Crippen molar-refractivity contribution in [2.75, 3.05) is 6.61 Å². The number of carbonyl (C=O) groups excluding carboxylic acids is 1. The van der Waals surface area contributed by atoms with Crippen molar-refractivity contribution in [1.82, 2.24) is 5.32 Å². The van der Waals surface area contributed by atoms with Crippen molar-refractivity contribution < 1.29 is 9.53 Å². The lowest BCUT2D eigenvalue weighted by atomic mass is 10.2. The van der Waals surface area contributed by atoms with E-state index < -0.39 is 0 Å². The number of carbonyl (C=O) groups is 1. The highest BCUT2D eigenvalue weighted by molar-refractivity contribution is 14.1. The Kier molecular flexibility index (Phi) is 5.61. The van der Waals surface area contributed by atoms with Gasteiger partial charge in [0.15, 0.2) is 0 Å². The van der Waals surface area contributed by atoms with Gasteiger partial charge in [0.2, 0.25) is 0 Å². The molecular weight excluding hydrogens is 377 g/mol. The fourth-order valence-corrected chi connectivity index (χ4v) is 2.55. The van der Waals surface area contributed by atoms with E-state index in [4.69, 9.17) is 4.74 Å². The van der Waals surface area contributed by atoms with Gasteiger partial charge in [-0.1, -0.05) is 30.3 Å². The number of benzene rings is 2. The summed E-state index contributed by atoms with van der Waals surface area (Å²) < 4.78 is 6.69. The molecule has 1 N–H and O–H groups in total. The topological polar surface area (TPSA) is 38.3 Å². The molecular formula is C17H18INO2. The van der Waals surface area contributed by atoms with Crippen LogP contribution in [0.1, 0.15) is 22.8 Å². The normalized spacial score (nSPS) is 11.8. The van der Waals surface area contributed by atoms with Crippen LogP contribution in [0.25, 0.3) is 0 Å². The van der Waals surface area contributed by atoms with Crippen LogP contribution in [0.15, 0.2) is 48.5 Å². The van der Waals surface area contributed by atoms with Gasteiger partial charge >= 0.3 is 0 Å². The lowest BCUT2D eigenvalue weighted by Crippen LogP contribution is -2.37. The highest BCUT2D eigenvalue weighted by Crippen LogP contribution is 2.16. The maximum atomic E-state index is 12.2. The minimum absolute atomic E-state index is 0.0619. The molecule has 1 atom stereocenters. The van der Waals surface area contributed by atoms with Crippen molar-refractivity contribution in [1.29, 1.82) is 0 Å². The van der Waals surface area contributed by atoms with Crippen LogP contribution in [-0.2, 0) is 0 Å². The van der Waals surface area contributed by atoms with Crippen molar-refractivity contribution >= 4 is 28.5 Å². The smallest absolute Gasteiger partial charge is 0.252 e. The number of amides is 1. The van der Waals surface area contributed by atoms with E-state index in [0.717, 1.165) is 14.9 Å². The maximum Gasteiger partial charge on any atom is 0.252 e. The van der Waals surface area contributed by atoms with Crippen LogP contribution < -0.4 is 10.1 Å². The van der Waals surface area contributed by atoms with Crippen LogP contribution >= 0.6 is 22.6 Å². The number of rotatable bonds is 5. The second kappa shape index (κ2) is 7.45. The van der Waals surface area contributed by atoms with Crippen LogP contribution in [-0.4, -0.2) is 18.6 Å². The summed E-state index contributed by atoms with van der Waals surface area (Å²) in [4.78, 5) is 12.2. The van der Waals surface area contributed by atoms with Crippen molar-refractivity contribution in [2.45, 2.75) is 19.9 Å². The molecule has 0 fully saturated rings. The predicted octanol–water partition coefficient (Wildman–Crippen LogP) is 3.80. The number of hydrogen-bond acceptors (Lipinski definition) is 2. The standard InChI is InChI=1S/C17H18INO2/c1-12-7-3-6-10-16(12)21-11-13(2)19-17(20)14-8-4-5-9-15(14)18/h3-10,13H,11H2,1-2H3,(H,19,20)/t13-/m0/s1. The fraction of sp³-hybridized carbons (Fsp3) is 0.235. The van der Waals surface area contributed by atoms with Gasteiger partial charge in [0.05, 0.1) is 11.6 Å². The molecule has 21 heavy (non-hydrogen) atoms. The Morgan fingerprint density at radius 3 is 2.57 bits per heavy atom.